The molecule has 2 unspecified atom stereocenters. The fourth-order valence-electron chi connectivity index (χ4n) is 3.60. The maximum atomic E-state index is 13.3. The molecule has 1 saturated heterocycles. The number of thiazole rings is 1. The second-order valence-electron chi connectivity index (χ2n) is 8.26. The molecule has 0 bridgehead atoms. The van der Waals surface area contributed by atoms with Crippen LogP contribution < -0.4 is 5.32 Å². The standard InChI is InChI=1S/C26H21F3N2O5S2/c27-26(28,29)20-3-1-2-18(11-20)19(8-9-36-24(33)21-14-37-15-30-21)13-35-12-17-6-4-16(5-7-17)10-22-23(32)31-25(34)38-22/h1-9,11,14-15,19,22H,10,12-13H2,(H,31,32,34)/b9-8-. The molecule has 0 spiro atoms. The van der Waals surface area contributed by atoms with E-state index in [2.05, 4.69) is 10.3 Å². The lowest BCUT2D eigenvalue weighted by Crippen LogP contribution is -2.25. The first-order chi connectivity index (χ1) is 18.2. The van der Waals surface area contributed by atoms with Crippen molar-refractivity contribution in [2.24, 2.45) is 0 Å². The van der Waals surface area contributed by atoms with Gasteiger partial charge in [-0.05, 0) is 35.3 Å². The molecule has 2 amide bonds. The summed E-state index contributed by atoms with van der Waals surface area (Å²) in [6.45, 7) is 0.203. The molecule has 0 aliphatic carbocycles. The Morgan fingerprint density at radius 2 is 1.89 bits per heavy atom. The smallest absolute Gasteiger partial charge is 0.416 e. The Hall–Kier alpha value is -3.48. The second kappa shape index (κ2) is 12.4. The van der Waals surface area contributed by atoms with Gasteiger partial charge in [0.15, 0.2) is 5.69 Å². The lowest BCUT2D eigenvalue weighted by atomic mass is 9.98. The van der Waals surface area contributed by atoms with Gasteiger partial charge in [0.1, 0.15) is 0 Å². The highest BCUT2D eigenvalue weighted by Crippen LogP contribution is 2.32. The molecule has 4 rings (SSSR count). The van der Waals surface area contributed by atoms with Crippen molar-refractivity contribution >= 4 is 40.2 Å². The molecule has 38 heavy (non-hydrogen) atoms. The summed E-state index contributed by atoms with van der Waals surface area (Å²) < 4.78 is 50.6. The predicted molar refractivity (Wildman–Crippen MR) is 136 cm³/mol. The van der Waals surface area contributed by atoms with Crippen LogP contribution in [0.15, 0.2) is 71.8 Å². The summed E-state index contributed by atoms with van der Waals surface area (Å²) in [4.78, 5) is 39.0. The van der Waals surface area contributed by atoms with Gasteiger partial charge in [0.25, 0.3) is 5.24 Å². The highest BCUT2D eigenvalue weighted by atomic mass is 32.2. The number of ether oxygens (including phenoxy) is 2. The van der Waals surface area contributed by atoms with Crippen LogP contribution in [-0.2, 0) is 33.5 Å². The number of halogens is 3. The van der Waals surface area contributed by atoms with Gasteiger partial charge < -0.3 is 9.47 Å². The zero-order valence-electron chi connectivity index (χ0n) is 19.6. The summed E-state index contributed by atoms with van der Waals surface area (Å²) in [6, 6.07) is 12.2. The molecule has 7 nitrogen and oxygen atoms in total. The van der Waals surface area contributed by atoms with Crippen LogP contribution in [0.4, 0.5) is 18.0 Å². The summed E-state index contributed by atoms with van der Waals surface area (Å²) in [5.41, 5.74) is 2.86. The van der Waals surface area contributed by atoms with Crippen LogP contribution in [0.25, 0.3) is 0 Å². The Bertz CT molecular complexity index is 1310. The lowest BCUT2D eigenvalue weighted by Gasteiger charge is -2.16. The molecule has 1 aliphatic rings. The van der Waals surface area contributed by atoms with Crippen molar-refractivity contribution in [3.05, 3.63) is 99.7 Å². The first-order valence-corrected chi connectivity index (χ1v) is 13.1. The van der Waals surface area contributed by atoms with Crippen LogP contribution in [-0.4, -0.2) is 34.0 Å². The molecule has 2 heterocycles. The van der Waals surface area contributed by atoms with E-state index in [1.54, 1.807) is 6.07 Å². The van der Waals surface area contributed by atoms with Crippen molar-refractivity contribution in [3.8, 4) is 0 Å². The molecule has 1 aliphatic heterocycles. The second-order valence-corrected chi connectivity index (χ2v) is 10.2. The number of imide groups is 1. The third kappa shape index (κ3) is 7.53. The molecule has 1 N–H and O–H groups in total. The summed E-state index contributed by atoms with van der Waals surface area (Å²) in [5, 5.41) is 2.96. The molecular weight excluding hydrogens is 541 g/mol. The number of aromatic nitrogens is 1. The Kier molecular flexibility index (Phi) is 8.97. The van der Waals surface area contributed by atoms with Crippen LogP contribution in [0.1, 0.15) is 38.7 Å². The van der Waals surface area contributed by atoms with Gasteiger partial charge in [-0.15, -0.1) is 11.3 Å². The number of hydrogen-bond acceptors (Lipinski definition) is 8. The molecule has 1 fully saturated rings. The molecule has 0 radical (unpaired) electrons. The first-order valence-electron chi connectivity index (χ1n) is 11.3. The highest BCUT2D eigenvalue weighted by molar-refractivity contribution is 8.15. The minimum Gasteiger partial charge on any atom is -0.430 e. The van der Waals surface area contributed by atoms with Crippen LogP contribution in [0.5, 0.6) is 0 Å². The van der Waals surface area contributed by atoms with Crippen molar-refractivity contribution in [1.82, 2.24) is 10.3 Å². The topological polar surface area (TPSA) is 94.6 Å². The average molecular weight is 563 g/mol. The van der Waals surface area contributed by atoms with Crippen molar-refractivity contribution in [3.63, 3.8) is 0 Å². The van der Waals surface area contributed by atoms with Crippen molar-refractivity contribution in [2.75, 3.05) is 6.61 Å². The van der Waals surface area contributed by atoms with Gasteiger partial charge in [-0.3, -0.25) is 14.9 Å². The predicted octanol–water partition coefficient (Wildman–Crippen LogP) is 5.73. The fourth-order valence-corrected chi connectivity index (χ4v) is 4.98. The molecule has 3 aromatic rings. The van der Waals surface area contributed by atoms with Crippen molar-refractivity contribution < 1.29 is 37.0 Å². The van der Waals surface area contributed by atoms with Crippen molar-refractivity contribution in [2.45, 2.75) is 30.4 Å². The number of amides is 2. The average Bonchev–Trinajstić information content (AvgIpc) is 3.53. The molecule has 2 atom stereocenters. The van der Waals surface area contributed by atoms with Gasteiger partial charge >= 0.3 is 12.1 Å². The van der Waals surface area contributed by atoms with Gasteiger partial charge in [-0.25, -0.2) is 9.78 Å². The number of alkyl halides is 3. The van der Waals surface area contributed by atoms with Crippen LogP contribution in [0.3, 0.4) is 0 Å². The van der Waals surface area contributed by atoms with E-state index in [0.717, 1.165) is 41.3 Å². The van der Waals surface area contributed by atoms with Crippen LogP contribution in [0, 0.1) is 0 Å². The van der Waals surface area contributed by atoms with E-state index >= 15 is 0 Å². The summed E-state index contributed by atoms with van der Waals surface area (Å²) in [5.74, 6) is -1.61. The van der Waals surface area contributed by atoms with E-state index in [9.17, 15) is 27.6 Å². The zero-order chi connectivity index (χ0) is 27.1. The number of carbonyl (C=O) groups excluding carboxylic acids is 3. The SMILES string of the molecule is O=C1NC(=O)C(Cc2ccc(COCC(/C=C\OC(=O)c3cscn3)c3cccc(C(F)(F)F)c3)cc2)S1. The van der Waals surface area contributed by atoms with E-state index in [1.807, 2.05) is 24.3 Å². The third-order valence-corrected chi connectivity index (χ3v) is 7.11. The van der Waals surface area contributed by atoms with Gasteiger partial charge in [0.2, 0.25) is 5.91 Å². The first kappa shape index (κ1) is 27.6. The maximum Gasteiger partial charge on any atom is 0.416 e. The van der Waals surface area contributed by atoms with Gasteiger partial charge in [-0.2, -0.15) is 13.2 Å². The van der Waals surface area contributed by atoms with Crippen molar-refractivity contribution in [1.29, 1.82) is 0 Å². The maximum absolute atomic E-state index is 13.3. The molecule has 2 aromatic carbocycles. The largest absolute Gasteiger partial charge is 0.430 e. The lowest BCUT2D eigenvalue weighted by molar-refractivity contribution is -0.137. The minimum atomic E-state index is -4.51. The number of esters is 1. The Balaban J connectivity index is 1.39. The third-order valence-electron chi connectivity index (χ3n) is 5.55. The molecular formula is C26H21F3N2O5S2. The summed E-state index contributed by atoms with van der Waals surface area (Å²) >= 11 is 2.19. The number of nitrogens with zero attached hydrogens (tertiary/aromatic N) is 1. The number of benzene rings is 2. The monoisotopic (exact) mass is 562 g/mol. The van der Waals surface area contributed by atoms with Gasteiger partial charge in [-0.1, -0.05) is 54.2 Å². The number of rotatable bonds is 10. The minimum absolute atomic E-state index is 0.0226. The Labute approximate surface area is 224 Å². The molecule has 1 aromatic heterocycles. The van der Waals surface area contributed by atoms with E-state index in [-0.39, 0.29) is 30.1 Å². The van der Waals surface area contributed by atoms with E-state index in [0.29, 0.717) is 12.0 Å². The quantitative estimate of drug-likeness (QED) is 0.249. The summed E-state index contributed by atoms with van der Waals surface area (Å²) in [7, 11) is 0. The van der Waals surface area contributed by atoms with Crippen LogP contribution >= 0.6 is 23.1 Å². The molecule has 198 valence electrons. The number of hydrogen-bond donors (Lipinski definition) is 1. The van der Waals surface area contributed by atoms with E-state index < -0.39 is 28.9 Å². The normalized spacial score (nSPS) is 16.6. The Morgan fingerprint density at radius 1 is 1.13 bits per heavy atom. The number of carbonyl (C=O) groups is 3. The number of thioether (sulfide) groups is 1. The number of nitrogens with one attached hydrogen (secondary N) is 1. The van der Waals surface area contributed by atoms with Gasteiger partial charge in [0, 0.05) is 11.3 Å². The fraction of sp³-hybridized carbons (Fsp3) is 0.231. The van der Waals surface area contributed by atoms with E-state index in [1.165, 1.54) is 34.4 Å². The molecule has 0 saturated carbocycles. The highest BCUT2D eigenvalue weighted by Gasteiger charge is 2.32. The Morgan fingerprint density at radius 3 is 2.55 bits per heavy atom. The van der Waals surface area contributed by atoms with E-state index in [4.69, 9.17) is 9.47 Å². The van der Waals surface area contributed by atoms with Crippen LogP contribution in [0.2, 0.25) is 0 Å². The van der Waals surface area contributed by atoms with Gasteiger partial charge in [0.05, 0.1) is 35.8 Å². The zero-order valence-corrected chi connectivity index (χ0v) is 21.3. The molecule has 12 heteroatoms. The summed E-state index contributed by atoms with van der Waals surface area (Å²) in [6.07, 6.45) is -1.50.